The number of rotatable bonds is 8. The van der Waals surface area contributed by atoms with Crippen LogP contribution in [0.15, 0.2) is 53.3 Å². The van der Waals surface area contributed by atoms with Crippen LogP contribution in [0.5, 0.6) is 0 Å². The van der Waals surface area contributed by atoms with Gasteiger partial charge in [0.05, 0.1) is 29.9 Å². The van der Waals surface area contributed by atoms with Crippen LogP contribution in [0.25, 0.3) is 10.9 Å². The maximum atomic E-state index is 13.4. The van der Waals surface area contributed by atoms with Crippen LogP contribution in [-0.4, -0.2) is 61.1 Å². The number of nitrogens with one attached hydrogen (secondary N) is 1. The molecule has 3 aromatic rings. The van der Waals surface area contributed by atoms with Crippen LogP contribution in [0, 0.1) is 5.82 Å². The van der Waals surface area contributed by atoms with Gasteiger partial charge in [-0.1, -0.05) is 17.7 Å². The summed E-state index contributed by atoms with van der Waals surface area (Å²) < 4.78 is 44.4. The van der Waals surface area contributed by atoms with Gasteiger partial charge in [-0.15, -0.1) is 0 Å². The zero-order valence-corrected chi connectivity index (χ0v) is 19.3. The van der Waals surface area contributed by atoms with Crippen LogP contribution in [0.1, 0.15) is 12.8 Å². The minimum absolute atomic E-state index is 0.0398. The number of unbranched alkanes of at least 4 members (excludes halogenated alkanes) is 1. The van der Waals surface area contributed by atoms with Gasteiger partial charge in [0.15, 0.2) is 5.03 Å². The summed E-state index contributed by atoms with van der Waals surface area (Å²) in [5, 5.41) is 4.54. The van der Waals surface area contributed by atoms with E-state index in [1.165, 1.54) is 42.2 Å². The normalized spacial score (nSPS) is 15.3. The molecule has 0 saturated carbocycles. The summed E-state index contributed by atoms with van der Waals surface area (Å²) in [4.78, 5) is 14.7. The topological polar surface area (TPSA) is 97.3 Å². The van der Waals surface area contributed by atoms with Gasteiger partial charge in [-0.25, -0.2) is 27.8 Å². The highest BCUT2D eigenvalue weighted by molar-refractivity contribution is 7.94. The van der Waals surface area contributed by atoms with E-state index in [9.17, 15) is 12.8 Å². The lowest BCUT2D eigenvalue weighted by molar-refractivity contribution is 0.0375. The number of morpholine rings is 1. The number of fused-ring (bicyclic) bond motifs is 1. The standard InChI is InChI=1S/C22H23ClFN5O3S/c23-18-12-16(4-5-19(18)24)28-22-17-13-21(25-14-20(17)26-15-27-22)33(30,31)11-3-1-2-6-29-7-9-32-10-8-29/h3-5,11-15H,1-2,6-10H2,(H,26,27,28). The number of nitrogens with zero attached hydrogens (tertiary/aromatic N) is 4. The number of ether oxygens (including phenoxy) is 1. The summed E-state index contributed by atoms with van der Waals surface area (Å²) in [5.41, 5.74) is 0.969. The average Bonchev–Trinajstić information content (AvgIpc) is 2.82. The Kier molecular flexibility index (Phi) is 7.49. The molecule has 1 fully saturated rings. The summed E-state index contributed by atoms with van der Waals surface area (Å²) in [6, 6.07) is 5.59. The fraction of sp³-hybridized carbons (Fsp3) is 0.318. The first kappa shape index (κ1) is 23.5. The molecule has 0 spiro atoms. The molecule has 0 atom stereocenters. The van der Waals surface area contributed by atoms with Crippen LogP contribution < -0.4 is 5.32 Å². The number of hydrogen-bond acceptors (Lipinski definition) is 8. The van der Waals surface area contributed by atoms with Crippen molar-refractivity contribution in [1.29, 1.82) is 0 Å². The molecular formula is C22H23ClFN5O3S. The van der Waals surface area contributed by atoms with Gasteiger partial charge >= 0.3 is 0 Å². The Hall–Kier alpha value is -2.66. The molecule has 8 nitrogen and oxygen atoms in total. The molecule has 1 N–H and O–H groups in total. The number of aromatic nitrogens is 3. The molecule has 2 aromatic heterocycles. The minimum Gasteiger partial charge on any atom is -0.379 e. The third-order valence-corrected chi connectivity index (χ3v) is 6.84. The number of benzene rings is 1. The lowest BCUT2D eigenvalue weighted by Gasteiger charge is -2.26. The van der Waals surface area contributed by atoms with Gasteiger partial charge in [-0.05, 0) is 43.7 Å². The van der Waals surface area contributed by atoms with Crippen molar-refractivity contribution >= 4 is 43.8 Å². The highest BCUT2D eigenvalue weighted by Crippen LogP contribution is 2.27. The predicted molar refractivity (Wildman–Crippen MR) is 125 cm³/mol. The Morgan fingerprint density at radius 2 is 2.00 bits per heavy atom. The number of sulfone groups is 1. The van der Waals surface area contributed by atoms with Crippen LogP contribution in [0.2, 0.25) is 5.02 Å². The third-order valence-electron chi connectivity index (χ3n) is 5.19. The van der Waals surface area contributed by atoms with Gasteiger partial charge in [0.2, 0.25) is 9.84 Å². The van der Waals surface area contributed by atoms with E-state index in [4.69, 9.17) is 16.3 Å². The van der Waals surface area contributed by atoms with Crippen molar-refractivity contribution < 1.29 is 17.5 Å². The number of anilines is 2. The molecule has 3 heterocycles. The zero-order chi connectivity index (χ0) is 23.3. The van der Waals surface area contributed by atoms with Crippen molar-refractivity contribution in [1.82, 2.24) is 19.9 Å². The van der Waals surface area contributed by atoms with Gasteiger partial charge in [0.25, 0.3) is 0 Å². The summed E-state index contributed by atoms with van der Waals surface area (Å²) in [6.07, 6.45) is 5.88. The van der Waals surface area contributed by atoms with Crippen molar-refractivity contribution in [3.05, 3.63) is 59.1 Å². The van der Waals surface area contributed by atoms with Gasteiger partial charge in [0.1, 0.15) is 18.0 Å². The Morgan fingerprint density at radius 3 is 2.79 bits per heavy atom. The van der Waals surface area contributed by atoms with Crippen LogP contribution in [-0.2, 0) is 14.6 Å². The van der Waals surface area contributed by atoms with E-state index in [2.05, 4.69) is 25.2 Å². The number of hydrogen-bond donors (Lipinski definition) is 1. The van der Waals surface area contributed by atoms with Gasteiger partial charge < -0.3 is 10.1 Å². The summed E-state index contributed by atoms with van der Waals surface area (Å²) >= 11 is 5.85. The molecule has 174 valence electrons. The second-order valence-electron chi connectivity index (χ2n) is 7.53. The monoisotopic (exact) mass is 491 g/mol. The Balaban J connectivity index is 1.48. The van der Waals surface area contributed by atoms with E-state index in [0.29, 0.717) is 28.8 Å². The summed E-state index contributed by atoms with van der Waals surface area (Å²) in [5.74, 6) is -0.180. The highest BCUT2D eigenvalue weighted by atomic mass is 35.5. The third kappa shape index (κ3) is 6.02. The minimum atomic E-state index is -3.74. The lowest BCUT2D eigenvalue weighted by atomic mass is 10.2. The van der Waals surface area contributed by atoms with E-state index in [1.807, 2.05) is 0 Å². The van der Waals surface area contributed by atoms with Gasteiger partial charge in [0, 0.05) is 29.6 Å². The lowest BCUT2D eigenvalue weighted by Crippen LogP contribution is -2.36. The summed E-state index contributed by atoms with van der Waals surface area (Å²) in [7, 11) is -3.74. The van der Waals surface area contributed by atoms with E-state index in [1.54, 1.807) is 6.08 Å². The Morgan fingerprint density at radius 1 is 1.18 bits per heavy atom. The molecule has 1 aliphatic rings. The SMILES string of the molecule is O=S(=O)(C=CCCCN1CCOCC1)c1cc2c(Nc3ccc(F)c(Cl)c3)ncnc2cn1. The molecule has 1 aliphatic heterocycles. The zero-order valence-electron chi connectivity index (χ0n) is 17.7. The molecule has 0 unspecified atom stereocenters. The maximum Gasteiger partial charge on any atom is 0.216 e. The molecule has 33 heavy (non-hydrogen) atoms. The van der Waals surface area contributed by atoms with Gasteiger partial charge in [-0.2, -0.15) is 0 Å². The van der Waals surface area contributed by atoms with Crippen molar-refractivity contribution in [3.8, 4) is 0 Å². The van der Waals surface area contributed by atoms with Crippen LogP contribution in [0.4, 0.5) is 15.9 Å². The molecule has 0 amide bonds. The first-order chi connectivity index (χ1) is 15.9. The molecular weight excluding hydrogens is 469 g/mol. The quantitative estimate of drug-likeness (QED) is 0.473. The van der Waals surface area contributed by atoms with Crippen molar-refractivity contribution in [2.24, 2.45) is 0 Å². The van der Waals surface area contributed by atoms with Crippen molar-refractivity contribution in [2.75, 3.05) is 38.2 Å². The molecule has 4 rings (SSSR count). The fourth-order valence-electron chi connectivity index (χ4n) is 3.43. The first-order valence-corrected chi connectivity index (χ1v) is 12.4. The molecule has 11 heteroatoms. The van der Waals surface area contributed by atoms with Crippen LogP contribution >= 0.6 is 11.6 Å². The van der Waals surface area contributed by atoms with E-state index in [-0.39, 0.29) is 10.0 Å². The van der Waals surface area contributed by atoms with E-state index >= 15 is 0 Å². The van der Waals surface area contributed by atoms with E-state index < -0.39 is 15.7 Å². The second-order valence-corrected chi connectivity index (χ2v) is 9.72. The van der Waals surface area contributed by atoms with E-state index in [0.717, 1.165) is 39.3 Å². The number of allylic oxidation sites excluding steroid dienone is 1. The van der Waals surface area contributed by atoms with Crippen molar-refractivity contribution in [2.45, 2.75) is 17.9 Å². The average molecular weight is 492 g/mol. The fourth-order valence-corrected chi connectivity index (χ4v) is 4.62. The largest absolute Gasteiger partial charge is 0.379 e. The summed E-state index contributed by atoms with van der Waals surface area (Å²) in [6.45, 7) is 4.21. The molecule has 1 saturated heterocycles. The smallest absolute Gasteiger partial charge is 0.216 e. The number of pyridine rings is 1. The Bertz CT molecular complexity index is 1270. The molecule has 0 bridgehead atoms. The van der Waals surface area contributed by atoms with Crippen molar-refractivity contribution in [3.63, 3.8) is 0 Å². The molecule has 1 aromatic carbocycles. The predicted octanol–water partition coefficient (Wildman–Crippen LogP) is 3.96. The first-order valence-electron chi connectivity index (χ1n) is 10.5. The maximum absolute atomic E-state index is 13.4. The van der Waals surface area contributed by atoms with Gasteiger partial charge in [-0.3, -0.25) is 4.90 Å². The Labute approximate surface area is 196 Å². The van der Waals surface area contributed by atoms with Crippen LogP contribution in [0.3, 0.4) is 0 Å². The number of halogens is 2. The second kappa shape index (κ2) is 10.5. The molecule has 0 aliphatic carbocycles. The molecule has 0 radical (unpaired) electrons. The highest BCUT2D eigenvalue weighted by Gasteiger charge is 2.16.